The molecule has 0 radical (unpaired) electrons. The fraction of sp³-hybridized carbons (Fsp3) is 0.143. The number of carbonyl (C=O) groups is 2. The zero-order valence-corrected chi connectivity index (χ0v) is 22.0. The molecule has 0 spiro atoms. The van der Waals surface area contributed by atoms with Crippen molar-refractivity contribution in [2.75, 3.05) is 22.8 Å². The lowest BCUT2D eigenvalue weighted by molar-refractivity contribution is -0.114. The van der Waals surface area contributed by atoms with Crippen LogP contribution in [-0.2, 0) is 19.6 Å². The van der Waals surface area contributed by atoms with Crippen molar-refractivity contribution in [2.24, 2.45) is 0 Å². The molecule has 37 heavy (non-hydrogen) atoms. The van der Waals surface area contributed by atoms with Crippen LogP contribution in [0.25, 0.3) is 11.1 Å². The molecule has 1 aromatic heterocycles. The van der Waals surface area contributed by atoms with E-state index < -0.39 is 28.4 Å². The van der Waals surface area contributed by atoms with Crippen LogP contribution in [0.4, 0.5) is 10.7 Å². The van der Waals surface area contributed by atoms with Crippen LogP contribution >= 0.6 is 11.3 Å². The zero-order valence-electron chi connectivity index (χ0n) is 20.4. The number of ether oxygens (including phenoxy) is 1. The lowest BCUT2D eigenvalue weighted by atomic mass is 10.0. The molecule has 1 amide bonds. The fourth-order valence-electron chi connectivity index (χ4n) is 3.73. The van der Waals surface area contributed by atoms with E-state index in [9.17, 15) is 18.0 Å². The molecular weight excluding hydrogens is 508 g/mol. The highest BCUT2D eigenvalue weighted by Crippen LogP contribution is 2.36. The van der Waals surface area contributed by atoms with E-state index >= 15 is 0 Å². The van der Waals surface area contributed by atoms with Crippen LogP contribution in [0.3, 0.4) is 0 Å². The number of thiophene rings is 1. The molecule has 0 unspecified atom stereocenters. The summed E-state index contributed by atoms with van der Waals surface area (Å²) in [6.45, 7) is 3.26. The number of para-hydroxylation sites is 1. The molecule has 190 valence electrons. The number of sulfonamides is 1. The van der Waals surface area contributed by atoms with Crippen molar-refractivity contribution in [1.29, 1.82) is 0 Å². The molecule has 0 fully saturated rings. The molecule has 7 nitrogen and oxygen atoms in total. The Morgan fingerprint density at radius 3 is 2.16 bits per heavy atom. The second-order valence-electron chi connectivity index (χ2n) is 8.15. The number of rotatable bonds is 9. The van der Waals surface area contributed by atoms with Gasteiger partial charge >= 0.3 is 5.97 Å². The lowest BCUT2D eigenvalue weighted by Crippen LogP contribution is -2.38. The maximum atomic E-state index is 13.6. The van der Waals surface area contributed by atoms with Gasteiger partial charge in [0, 0.05) is 10.9 Å². The minimum Gasteiger partial charge on any atom is -0.462 e. The Labute approximate surface area is 220 Å². The van der Waals surface area contributed by atoms with E-state index in [-0.39, 0.29) is 17.1 Å². The minimum atomic E-state index is -4.05. The Morgan fingerprint density at radius 2 is 1.54 bits per heavy atom. The van der Waals surface area contributed by atoms with Gasteiger partial charge in [-0.25, -0.2) is 13.2 Å². The first-order valence-electron chi connectivity index (χ1n) is 11.6. The number of nitrogens with one attached hydrogen (secondary N) is 1. The predicted octanol–water partition coefficient (Wildman–Crippen LogP) is 5.73. The summed E-state index contributed by atoms with van der Waals surface area (Å²) in [7, 11) is -4.05. The number of amides is 1. The number of benzene rings is 3. The Morgan fingerprint density at radius 1 is 0.919 bits per heavy atom. The van der Waals surface area contributed by atoms with Gasteiger partial charge in [-0.1, -0.05) is 66.2 Å². The Hall–Kier alpha value is -3.95. The largest absolute Gasteiger partial charge is 0.462 e. The highest BCUT2D eigenvalue weighted by atomic mass is 32.2. The molecule has 0 aliphatic rings. The van der Waals surface area contributed by atoms with Crippen LogP contribution in [0.15, 0.2) is 95.2 Å². The minimum absolute atomic E-state index is 0.0736. The third-order valence-corrected chi connectivity index (χ3v) is 8.23. The molecule has 0 atom stereocenters. The van der Waals surface area contributed by atoms with E-state index in [0.29, 0.717) is 16.3 Å². The molecule has 0 saturated heterocycles. The average Bonchev–Trinajstić information content (AvgIpc) is 3.32. The molecule has 0 aliphatic heterocycles. The van der Waals surface area contributed by atoms with Crippen molar-refractivity contribution < 1.29 is 22.7 Å². The molecular formula is C28H26N2O5S2. The van der Waals surface area contributed by atoms with Crippen LogP contribution in [0.1, 0.15) is 22.8 Å². The topological polar surface area (TPSA) is 92.8 Å². The summed E-state index contributed by atoms with van der Waals surface area (Å²) in [5.41, 5.74) is 2.93. The predicted molar refractivity (Wildman–Crippen MR) is 146 cm³/mol. The van der Waals surface area contributed by atoms with E-state index in [1.54, 1.807) is 54.8 Å². The van der Waals surface area contributed by atoms with Crippen molar-refractivity contribution in [3.05, 3.63) is 101 Å². The first-order chi connectivity index (χ1) is 17.8. The number of hydrogen-bond donors (Lipinski definition) is 1. The third-order valence-electron chi connectivity index (χ3n) is 5.55. The van der Waals surface area contributed by atoms with Crippen LogP contribution in [0, 0.1) is 6.92 Å². The monoisotopic (exact) mass is 534 g/mol. The first-order valence-corrected chi connectivity index (χ1v) is 13.9. The van der Waals surface area contributed by atoms with E-state index in [2.05, 4.69) is 5.32 Å². The van der Waals surface area contributed by atoms with Gasteiger partial charge in [-0.2, -0.15) is 0 Å². The highest BCUT2D eigenvalue weighted by molar-refractivity contribution is 7.92. The molecule has 3 aromatic carbocycles. The molecule has 4 aromatic rings. The van der Waals surface area contributed by atoms with E-state index in [1.165, 1.54) is 23.5 Å². The quantitative estimate of drug-likeness (QED) is 0.277. The average molecular weight is 535 g/mol. The summed E-state index contributed by atoms with van der Waals surface area (Å²) in [5, 5.41) is 4.81. The van der Waals surface area contributed by atoms with Crippen molar-refractivity contribution in [1.82, 2.24) is 0 Å². The standard InChI is InChI=1S/C28H26N2O5S2/c1-3-35-28(32)26-24(21-10-6-4-7-11-21)19-36-27(26)29-25(31)18-30(22-12-8-5-9-13-22)37(33,34)23-16-14-20(2)15-17-23/h4-17,19H,3,18H2,1-2H3,(H,29,31). The number of hydrogen-bond acceptors (Lipinski definition) is 6. The van der Waals surface area contributed by atoms with Gasteiger partial charge in [0.2, 0.25) is 5.91 Å². The smallest absolute Gasteiger partial charge is 0.341 e. The lowest BCUT2D eigenvalue weighted by Gasteiger charge is -2.24. The van der Waals surface area contributed by atoms with E-state index in [0.717, 1.165) is 15.4 Å². The van der Waals surface area contributed by atoms with Gasteiger partial charge in [-0.05, 0) is 43.7 Å². The van der Waals surface area contributed by atoms with Crippen LogP contribution in [0.5, 0.6) is 0 Å². The maximum absolute atomic E-state index is 13.6. The summed E-state index contributed by atoms with van der Waals surface area (Å²) in [6, 6.07) is 24.2. The molecule has 0 bridgehead atoms. The number of esters is 1. The fourth-order valence-corrected chi connectivity index (χ4v) is 6.12. The van der Waals surface area contributed by atoms with Gasteiger partial charge in [0.15, 0.2) is 0 Å². The summed E-state index contributed by atoms with van der Waals surface area (Å²) in [6.07, 6.45) is 0. The molecule has 9 heteroatoms. The van der Waals surface area contributed by atoms with Crippen molar-refractivity contribution in [3.63, 3.8) is 0 Å². The Kier molecular flexibility index (Phi) is 8.05. The summed E-state index contributed by atoms with van der Waals surface area (Å²) >= 11 is 1.18. The van der Waals surface area contributed by atoms with Crippen LogP contribution < -0.4 is 9.62 Å². The van der Waals surface area contributed by atoms with Gasteiger partial charge in [-0.3, -0.25) is 9.10 Å². The Bertz CT molecular complexity index is 1480. The highest BCUT2D eigenvalue weighted by Gasteiger charge is 2.29. The molecule has 1 heterocycles. The zero-order chi connectivity index (χ0) is 26.4. The van der Waals surface area contributed by atoms with Crippen molar-refractivity contribution >= 4 is 43.9 Å². The molecule has 0 saturated carbocycles. The molecule has 1 N–H and O–H groups in total. The van der Waals surface area contributed by atoms with E-state index in [1.807, 2.05) is 37.3 Å². The normalized spacial score (nSPS) is 11.1. The number of anilines is 2. The van der Waals surface area contributed by atoms with Crippen LogP contribution in [0.2, 0.25) is 0 Å². The van der Waals surface area contributed by atoms with Gasteiger partial charge in [0.25, 0.3) is 10.0 Å². The molecule has 0 aliphatic carbocycles. The summed E-state index contributed by atoms with van der Waals surface area (Å²) in [5.74, 6) is -1.16. The van der Waals surface area contributed by atoms with Crippen molar-refractivity contribution in [2.45, 2.75) is 18.7 Å². The number of nitrogens with zero attached hydrogens (tertiary/aromatic N) is 1. The maximum Gasteiger partial charge on any atom is 0.341 e. The SMILES string of the molecule is CCOC(=O)c1c(-c2ccccc2)csc1NC(=O)CN(c1ccccc1)S(=O)(=O)c1ccc(C)cc1. The van der Waals surface area contributed by atoms with Crippen molar-refractivity contribution in [3.8, 4) is 11.1 Å². The number of carbonyl (C=O) groups excluding carboxylic acids is 2. The molecule has 4 rings (SSSR count). The second kappa shape index (κ2) is 11.4. The Balaban J connectivity index is 1.67. The number of aryl methyl sites for hydroxylation is 1. The third kappa shape index (κ3) is 5.90. The van der Waals surface area contributed by atoms with Gasteiger partial charge < -0.3 is 10.1 Å². The summed E-state index contributed by atoms with van der Waals surface area (Å²) < 4.78 is 33.4. The van der Waals surface area contributed by atoms with Gasteiger partial charge in [0.05, 0.1) is 17.2 Å². The van der Waals surface area contributed by atoms with Gasteiger partial charge in [-0.15, -0.1) is 11.3 Å². The first kappa shape index (κ1) is 26.1. The van der Waals surface area contributed by atoms with E-state index in [4.69, 9.17) is 4.74 Å². The van der Waals surface area contributed by atoms with Gasteiger partial charge in [0.1, 0.15) is 17.1 Å². The second-order valence-corrected chi connectivity index (χ2v) is 10.9. The van der Waals surface area contributed by atoms with Crippen LogP contribution in [-0.4, -0.2) is 33.4 Å². The summed E-state index contributed by atoms with van der Waals surface area (Å²) in [4.78, 5) is 26.2.